The minimum atomic E-state index is 0. The monoisotopic (exact) mass is 283 g/mol. The Kier molecular flexibility index (Phi) is 4.64. The van der Waals surface area contributed by atoms with Gasteiger partial charge in [-0.1, -0.05) is 0 Å². The Morgan fingerprint density at radius 2 is 1.50 bits per heavy atom. The van der Waals surface area contributed by atoms with Gasteiger partial charge in [0.2, 0.25) is 0 Å². The molecule has 3 rings (SSSR count). The zero-order valence-electron chi connectivity index (χ0n) is 8.50. The standard InChI is InChI=1S/C13H9.2ClH.Ti/c1-3-7-12-10(5-1)9-11-6-2-4-8-13(11)12;;;/h1-5,7-8H,9H2;2*1H;/q;;;+2/p-2. The van der Waals surface area contributed by atoms with E-state index in [2.05, 4.69) is 62.9 Å². The van der Waals surface area contributed by atoms with Crippen molar-refractivity contribution in [1.82, 2.24) is 0 Å². The van der Waals surface area contributed by atoms with Crippen LogP contribution >= 0.6 is 0 Å². The molecule has 0 saturated carbocycles. The van der Waals surface area contributed by atoms with Crippen LogP contribution in [0.25, 0.3) is 11.1 Å². The van der Waals surface area contributed by atoms with Crippen molar-refractivity contribution in [3.8, 4) is 11.1 Å². The Labute approximate surface area is 120 Å². The van der Waals surface area contributed by atoms with E-state index < -0.39 is 0 Å². The summed E-state index contributed by atoms with van der Waals surface area (Å²) in [5.74, 6) is 0. The van der Waals surface area contributed by atoms with E-state index in [0.29, 0.717) is 0 Å². The molecular formula is C13H9Cl2Ti. The average molecular weight is 284 g/mol. The van der Waals surface area contributed by atoms with Crippen LogP contribution in [-0.2, 0) is 26.9 Å². The van der Waals surface area contributed by atoms with Crippen molar-refractivity contribution in [2.45, 2.75) is 6.42 Å². The fraction of sp³-hybridized carbons (Fsp3) is 0.0769. The third-order valence-electron chi connectivity index (χ3n) is 2.85. The van der Waals surface area contributed by atoms with Crippen LogP contribution in [0.5, 0.6) is 0 Å². The van der Waals surface area contributed by atoms with E-state index in [9.17, 15) is 0 Å². The molecule has 0 radical (unpaired) electrons. The van der Waals surface area contributed by atoms with E-state index in [1.165, 1.54) is 26.1 Å². The maximum atomic E-state index is 2.23. The molecule has 0 nitrogen and oxygen atoms in total. The first-order chi connectivity index (χ1) is 6.86. The SMILES string of the molecule is [Cl-].[Cl-].[Ti+2][c]1cccc2c1Cc1ccccc1-2. The summed E-state index contributed by atoms with van der Waals surface area (Å²) in [6.07, 6.45) is 1.11. The predicted molar refractivity (Wildman–Crippen MR) is 54.3 cm³/mol. The van der Waals surface area contributed by atoms with E-state index in [1.54, 1.807) is 0 Å². The van der Waals surface area contributed by atoms with Crippen molar-refractivity contribution in [1.29, 1.82) is 0 Å². The predicted octanol–water partition coefficient (Wildman–Crippen LogP) is -3.56. The zero-order chi connectivity index (χ0) is 9.54. The van der Waals surface area contributed by atoms with E-state index in [1.807, 2.05) is 0 Å². The van der Waals surface area contributed by atoms with Crippen molar-refractivity contribution in [3.63, 3.8) is 0 Å². The Hall–Kier alpha value is -0.266. The van der Waals surface area contributed by atoms with Crippen LogP contribution in [0, 0.1) is 0 Å². The van der Waals surface area contributed by atoms with Gasteiger partial charge in [-0.25, -0.2) is 0 Å². The summed E-state index contributed by atoms with van der Waals surface area (Å²) in [5.41, 5.74) is 5.83. The number of hydrogen-bond acceptors (Lipinski definition) is 0. The topological polar surface area (TPSA) is 0 Å². The van der Waals surface area contributed by atoms with Crippen molar-refractivity contribution in [2.24, 2.45) is 0 Å². The van der Waals surface area contributed by atoms with Crippen LogP contribution in [0.15, 0.2) is 42.5 Å². The number of halogens is 2. The van der Waals surface area contributed by atoms with Crippen LogP contribution < -0.4 is 28.7 Å². The van der Waals surface area contributed by atoms with E-state index in [0.717, 1.165) is 6.42 Å². The molecule has 16 heavy (non-hydrogen) atoms. The first kappa shape index (κ1) is 13.8. The molecule has 0 aromatic heterocycles. The van der Waals surface area contributed by atoms with Gasteiger partial charge in [0.15, 0.2) is 0 Å². The maximum absolute atomic E-state index is 2.23. The molecular weight excluding hydrogens is 275 g/mol. The summed E-state index contributed by atoms with van der Waals surface area (Å²) in [6.45, 7) is 0. The Bertz CT molecular complexity index is 509. The molecule has 0 aliphatic heterocycles. The van der Waals surface area contributed by atoms with Crippen LogP contribution in [0.2, 0.25) is 0 Å². The molecule has 1 aliphatic rings. The van der Waals surface area contributed by atoms with Gasteiger partial charge < -0.3 is 24.8 Å². The van der Waals surface area contributed by atoms with Crippen molar-refractivity contribution >= 4 is 3.87 Å². The van der Waals surface area contributed by atoms with Gasteiger partial charge in [-0.2, -0.15) is 0 Å². The Balaban J connectivity index is 0.000000640. The summed E-state index contributed by atoms with van der Waals surface area (Å²) >= 11 is 2.20. The normalized spacial score (nSPS) is 10.9. The molecule has 0 N–H and O–H groups in total. The fourth-order valence-electron chi connectivity index (χ4n) is 2.16. The molecule has 0 spiro atoms. The van der Waals surface area contributed by atoms with Crippen LogP contribution in [0.4, 0.5) is 0 Å². The number of fused-ring (bicyclic) bond motifs is 3. The molecule has 0 atom stereocenters. The molecule has 0 amide bonds. The minimum absolute atomic E-state index is 0. The molecule has 0 unspecified atom stereocenters. The molecule has 3 heteroatoms. The first-order valence-electron chi connectivity index (χ1n) is 4.78. The summed E-state index contributed by atoms with van der Waals surface area (Å²) in [7, 11) is 0. The average Bonchev–Trinajstić information content (AvgIpc) is 2.59. The zero-order valence-corrected chi connectivity index (χ0v) is 11.6. The number of benzene rings is 2. The van der Waals surface area contributed by atoms with Gasteiger partial charge in [0.05, 0.1) is 0 Å². The van der Waals surface area contributed by atoms with Gasteiger partial charge in [-0.3, -0.25) is 0 Å². The second kappa shape index (κ2) is 5.38. The number of rotatable bonds is 0. The molecule has 0 heterocycles. The number of hydrogen-bond donors (Lipinski definition) is 0. The third-order valence-corrected chi connectivity index (χ3v) is 3.58. The molecule has 2 aromatic rings. The Morgan fingerprint density at radius 3 is 2.31 bits per heavy atom. The van der Waals surface area contributed by atoms with Crippen molar-refractivity contribution < 1.29 is 45.2 Å². The molecule has 0 fully saturated rings. The second-order valence-electron chi connectivity index (χ2n) is 3.67. The van der Waals surface area contributed by atoms with Gasteiger partial charge in [0.1, 0.15) is 0 Å². The van der Waals surface area contributed by atoms with Gasteiger partial charge >= 0.3 is 95.4 Å². The molecule has 0 bridgehead atoms. The Morgan fingerprint density at radius 1 is 0.812 bits per heavy atom. The van der Waals surface area contributed by atoms with E-state index in [4.69, 9.17) is 0 Å². The van der Waals surface area contributed by atoms with Crippen LogP contribution in [-0.4, -0.2) is 0 Å². The fourth-order valence-corrected chi connectivity index (χ4v) is 2.66. The van der Waals surface area contributed by atoms with E-state index >= 15 is 0 Å². The van der Waals surface area contributed by atoms with Crippen molar-refractivity contribution in [3.05, 3.63) is 53.6 Å². The van der Waals surface area contributed by atoms with Gasteiger partial charge in [0.25, 0.3) is 0 Å². The molecule has 1 aliphatic carbocycles. The van der Waals surface area contributed by atoms with Gasteiger partial charge in [-0.15, -0.1) is 0 Å². The summed E-state index contributed by atoms with van der Waals surface area (Å²) in [4.78, 5) is 0. The van der Waals surface area contributed by atoms with E-state index in [-0.39, 0.29) is 24.8 Å². The van der Waals surface area contributed by atoms with Gasteiger partial charge in [-0.05, 0) is 0 Å². The second-order valence-corrected chi connectivity index (χ2v) is 4.51. The molecule has 2 aromatic carbocycles. The first-order valence-corrected chi connectivity index (χ1v) is 5.56. The van der Waals surface area contributed by atoms with Crippen molar-refractivity contribution in [2.75, 3.05) is 0 Å². The third kappa shape index (κ3) is 2.08. The molecule has 79 valence electrons. The summed E-state index contributed by atoms with van der Waals surface area (Å²) < 4.78 is 1.42. The van der Waals surface area contributed by atoms with Crippen LogP contribution in [0.3, 0.4) is 0 Å². The quantitative estimate of drug-likeness (QED) is 0.375. The summed E-state index contributed by atoms with van der Waals surface area (Å²) in [6, 6.07) is 15.3. The van der Waals surface area contributed by atoms with Crippen LogP contribution in [0.1, 0.15) is 11.1 Å². The molecule has 0 saturated heterocycles. The summed E-state index contributed by atoms with van der Waals surface area (Å²) in [5, 5.41) is 0. The van der Waals surface area contributed by atoms with Gasteiger partial charge in [0, 0.05) is 0 Å².